The van der Waals surface area contributed by atoms with Crippen molar-refractivity contribution in [2.45, 2.75) is 33.1 Å². The van der Waals surface area contributed by atoms with Gasteiger partial charge in [0.2, 0.25) is 0 Å². The van der Waals surface area contributed by atoms with Crippen LogP contribution in [0.25, 0.3) is 10.9 Å². The molecule has 2 aromatic heterocycles. The number of ether oxygens (including phenoxy) is 1. The van der Waals surface area contributed by atoms with Crippen LogP contribution in [0.4, 0.5) is 5.69 Å². The maximum atomic E-state index is 13.1. The summed E-state index contributed by atoms with van der Waals surface area (Å²) < 4.78 is 11.4. The molecule has 2 amide bonds. The minimum absolute atomic E-state index is 0.223. The highest BCUT2D eigenvalue weighted by Crippen LogP contribution is 2.31. The van der Waals surface area contributed by atoms with Crippen molar-refractivity contribution in [1.29, 1.82) is 0 Å². The van der Waals surface area contributed by atoms with Gasteiger partial charge >= 0.3 is 0 Å². The van der Waals surface area contributed by atoms with E-state index >= 15 is 0 Å². The Bertz CT molecular complexity index is 1520. The van der Waals surface area contributed by atoms with Crippen LogP contribution in [-0.4, -0.2) is 29.6 Å². The first-order valence-corrected chi connectivity index (χ1v) is 11.8. The number of nitrogens with zero attached hydrogens (tertiary/aromatic N) is 2. The number of hydrazone groups is 1. The minimum Gasteiger partial charge on any atom is -0.495 e. The van der Waals surface area contributed by atoms with Gasteiger partial charge in [0.15, 0.2) is 5.76 Å². The molecule has 1 aliphatic rings. The molecule has 0 aliphatic heterocycles. The summed E-state index contributed by atoms with van der Waals surface area (Å²) >= 11 is 0. The van der Waals surface area contributed by atoms with Gasteiger partial charge in [-0.2, -0.15) is 5.10 Å². The molecule has 2 N–H and O–H groups in total. The highest BCUT2D eigenvalue weighted by Gasteiger charge is 2.28. The van der Waals surface area contributed by atoms with E-state index in [1.54, 1.807) is 13.2 Å². The fourth-order valence-corrected chi connectivity index (χ4v) is 4.46. The number of rotatable bonds is 5. The highest BCUT2D eigenvalue weighted by atomic mass is 16.5. The molecule has 0 saturated carbocycles. The fraction of sp³-hybridized carbons (Fsp3) is 0.214. The van der Waals surface area contributed by atoms with Crippen LogP contribution in [0, 0.1) is 13.8 Å². The summed E-state index contributed by atoms with van der Waals surface area (Å²) in [6.07, 6.45) is 2.15. The van der Waals surface area contributed by atoms with Crippen LogP contribution in [0.1, 0.15) is 56.3 Å². The van der Waals surface area contributed by atoms with Gasteiger partial charge < -0.3 is 14.5 Å². The number of pyridine rings is 1. The lowest BCUT2D eigenvalue weighted by Crippen LogP contribution is -2.23. The van der Waals surface area contributed by atoms with Gasteiger partial charge in [0.25, 0.3) is 11.8 Å². The van der Waals surface area contributed by atoms with Gasteiger partial charge in [0.1, 0.15) is 17.2 Å². The maximum Gasteiger partial charge on any atom is 0.291 e. The van der Waals surface area contributed by atoms with Gasteiger partial charge in [0, 0.05) is 22.9 Å². The number of nitrogens with one attached hydrogen (secondary N) is 2. The van der Waals surface area contributed by atoms with Crippen LogP contribution >= 0.6 is 0 Å². The van der Waals surface area contributed by atoms with Gasteiger partial charge in [-0.15, -0.1) is 0 Å². The summed E-state index contributed by atoms with van der Waals surface area (Å²) in [5, 5.41) is 8.26. The monoisotopic (exact) mass is 482 g/mol. The van der Waals surface area contributed by atoms with E-state index in [1.165, 1.54) is 0 Å². The Morgan fingerprint density at radius 3 is 2.69 bits per heavy atom. The summed E-state index contributed by atoms with van der Waals surface area (Å²) in [7, 11) is 1.56. The Morgan fingerprint density at radius 1 is 1.03 bits per heavy atom. The van der Waals surface area contributed by atoms with Crippen molar-refractivity contribution in [3.63, 3.8) is 0 Å². The summed E-state index contributed by atoms with van der Waals surface area (Å²) in [4.78, 5) is 30.3. The SMILES string of the molecule is COc1ccc(C)cc1NC(=O)c1oc2c(c1C)/C(=N/NC(=O)c1ccc3ccccc3n1)CCC2. The van der Waals surface area contributed by atoms with Crippen molar-refractivity contribution >= 4 is 34.1 Å². The van der Waals surface area contributed by atoms with E-state index in [-0.39, 0.29) is 17.4 Å². The molecule has 1 aliphatic carbocycles. The molecule has 4 aromatic rings. The van der Waals surface area contributed by atoms with Gasteiger partial charge in [-0.25, -0.2) is 10.4 Å². The Hall–Kier alpha value is -4.46. The first kappa shape index (κ1) is 23.3. The van der Waals surface area contributed by atoms with E-state index in [4.69, 9.17) is 9.15 Å². The maximum absolute atomic E-state index is 13.1. The predicted molar refractivity (Wildman–Crippen MR) is 138 cm³/mol. The average molecular weight is 483 g/mol. The van der Waals surface area contributed by atoms with Crippen LogP contribution in [-0.2, 0) is 6.42 Å². The zero-order valence-electron chi connectivity index (χ0n) is 20.3. The van der Waals surface area contributed by atoms with Gasteiger partial charge in [-0.1, -0.05) is 30.3 Å². The van der Waals surface area contributed by atoms with Crippen LogP contribution in [0.5, 0.6) is 5.75 Å². The molecule has 0 bridgehead atoms. The molecule has 0 radical (unpaired) electrons. The molecule has 0 atom stereocenters. The van der Waals surface area contributed by atoms with Gasteiger partial charge in [-0.05, 0) is 56.5 Å². The molecule has 36 heavy (non-hydrogen) atoms. The van der Waals surface area contributed by atoms with Gasteiger partial charge in [0.05, 0.1) is 24.0 Å². The third-order valence-electron chi connectivity index (χ3n) is 6.26. The number of carbonyl (C=O) groups excluding carboxylic acids is 2. The van der Waals surface area contributed by atoms with Crippen LogP contribution in [0.2, 0.25) is 0 Å². The summed E-state index contributed by atoms with van der Waals surface area (Å²) in [5.41, 5.74) is 7.35. The van der Waals surface area contributed by atoms with Crippen molar-refractivity contribution in [3.8, 4) is 5.75 Å². The predicted octanol–water partition coefficient (Wildman–Crippen LogP) is 5.18. The first-order chi connectivity index (χ1) is 17.4. The van der Waals surface area contributed by atoms with E-state index in [2.05, 4.69) is 20.8 Å². The van der Waals surface area contributed by atoms with Crippen molar-refractivity contribution < 1.29 is 18.7 Å². The fourth-order valence-electron chi connectivity index (χ4n) is 4.46. The minimum atomic E-state index is -0.397. The molecule has 8 heteroatoms. The summed E-state index contributed by atoms with van der Waals surface area (Å²) in [6, 6.07) is 16.7. The molecule has 2 aromatic carbocycles. The van der Waals surface area contributed by atoms with Crippen LogP contribution in [0.15, 0.2) is 64.1 Å². The lowest BCUT2D eigenvalue weighted by Gasteiger charge is -2.13. The van der Waals surface area contributed by atoms with E-state index in [0.717, 1.165) is 28.5 Å². The highest BCUT2D eigenvalue weighted by molar-refractivity contribution is 6.10. The second-order valence-corrected chi connectivity index (χ2v) is 8.75. The molecule has 0 saturated heterocycles. The number of hydrogen-bond donors (Lipinski definition) is 2. The number of aryl methyl sites for hydroxylation is 2. The van der Waals surface area contributed by atoms with Crippen LogP contribution < -0.4 is 15.5 Å². The topological polar surface area (TPSA) is 106 Å². The number of carbonyl (C=O) groups is 2. The Labute approximate surface area is 208 Å². The molecule has 0 fully saturated rings. The summed E-state index contributed by atoms with van der Waals surface area (Å²) in [5.74, 6) is 0.716. The van der Waals surface area contributed by atoms with Gasteiger partial charge in [-0.3, -0.25) is 9.59 Å². The number of anilines is 1. The quantitative estimate of drug-likeness (QED) is 0.382. The van der Waals surface area contributed by atoms with Crippen molar-refractivity contribution in [3.05, 3.63) is 88.5 Å². The molecular formula is C28H26N4O4. The molecule has 0 unspecified atom stereocenters. The lowest BCUT2D eigenvalue weighted by atomic mass is 9.93. The smallest absolute Gasteiger partial charge is 0.291 e. The van der Waals surface area contributed by atoms with E-state index in [1.807, 2.05) is 62.4 Å². The largest absolute Gasteiger partial charge is 0.495 e. The van der Waals surface area contributed by atoms with Crippen LogP contribution in [0.3, 0.4) is 0 Å². The lowest BCUT2D eigenvalue weighted by molar-refractivity contribution is 0.0949. The second-order valence-electron chi connectivity index (χ2n) is 8.75. The third kappa shape index (κ3) is 4.45. The molecular weight excluding hydrogens is 456 g/mol. The van der Waals surface area contributed by atoms with E-state index in [0.29, 0.717) is 41.3 Å². The Balaban J connectivity index is 1.39. The molecule has 8 nitrogen and oxygen atoms in total. The van der Waals surface area contributed by atoms with Crippen molar-refractivity contribution in [2.75, 3.05) is 12.4 Å². The zero-order valence-corrected chi connectivity index (χ0v) is 20.3. The third-order valence-corrected chi connectivity index (χ3v) is 6.26. The van der Waals surface area contributed by atoms with Crippen molar-refractivity contribution in [2.24, 2.45) is 5.10 Å². The van der Waals surface area contributed by atoms with E-state index in [9.17, 15) is 9.59 Å². The number of benzene rings is 2. The Morgan fingerprint density at radius 2 is 1.86 bits per heavy atom. The normalized spacial score (nSPS) is 13.9. The summed E-state index contributed by atoms with van der Waals surface area (Å²) in [6.45, 7) is 3.77. The van der Waals surface area contributed by atoms with E-state index < -0.39 is 5.91 Å². The Kier molecular flexibility index (Phi) is 6.25. The number of fused-ring (bicyclic) bond motifs is 2. The number of aromatic nitrogens is 1. The number of para-hydroxylation sites is 1. The molecule has 2 heterocycles. The standard InChI is InChI=1S/C28H26N4O4/c1-16-11-14-23(35-3)22(15-16)30-28(34)26-17(2)25-20(9-6-10-24(25)36-26)31-32-27(33)21-13-12-18-7-4-5-8-19(18)29-21/h4-5,7-8,11-15H,6,9-10H2,1-3H3,(H,30,34)(H,32,33)/b31-20+. The average Bonchev–Trinajstić information content (AvgIpc) is 3.24. The number of methoxy groups -OCH3 is 1. The number of hydrogen-bond acceptors (Lipinski definition) is 6. The van der Waals surface area contributed by atoms with Crippen molar-refractivity contribution in [1.82, 2.24) is 10.4 Å². The molecule has 182 valence electrons. The first-order valence-electron chi connectivity index (χ1n) is 11.8. The molecule has 0 spiro atoms. The number of amides is 2. The zero-order chi connectivity index (χ0) is 25.2. The second kappa shape index (κ2) is 9.65. The number of furan rings is 1. The molecule has 5 rings (SSSR count).